The van der Waals surface area contributed by atoms with Crippen molar-refractivity contribution < 1.29 is 13.9 Å². The lowest BCUT2D eigenvalue weighted by Gasteiger charge is -2.39. The van der Waals surface area contributed by atoms with Gasteiger partial charge in [0.25, 0.3) is 0 Å². The van der Waals surface area contributed by atoms with Gasteiger partial charge in [-0.3, -0.25) is 4.90 Å². The van der Waals surface area contributed by atoms with Gasteiger partial charge in [0.1, 0.15) is 24.0 Å². The summed E-state index contributed by atoms with van der Waals surface area (Å²) >= 11 is 6.34. The standard InChI is InChI=1S/C21H20ClFN4O2/c1-29-21(28)19(14-5-2-3-6-15(14)22)26-9-11-27(12-10-26)20-18-16(23)7-4-8-17(18)24-13-25-20/h2-8,13,19H,9-12H2,1H3. The van der Waals surface area contributed by atoms with E-state index in [4.69, 9.17) is 16.3 Å². The molecule has 1 aliphatic heterocycles. The zero-order chi connectivity index (χ0) is 20.4. The first-order chi connectivity index (χ1) is 14.1. The van der Waals surface area contributed by atoms with Crippen LogP contribution in [0.25, 0.3) is 10.9 Å². The molecule has 150 valence electrons. The van der Waals surface area contributed by atoms with E-state index in [-0.39, 0.29) is 11.8 Å². The van der Waals surface area contributed by atoms with Gasteiger partial charge in [0.05, 0.1) is 18.0 Å². The number of ether oxygens (including phenoxy) is 1. The molecule has 0 N–H and O–H groups in total. The molecule has 1 fully saturated rings. The molecule has 0 spiro atoms. The molecular weight excluding hydrogens is 395 g/mol. The number of carbonyl (C=O) groups is 1. The third-order valence-corrected chi connectivity index (χ3v) is 5.54. The Kier molecular flexibility index (Phi) is 5.60. The molecule has 0 aliphatic carbocycles. The van der Waals surface area contributed by atoms with Crippen LogP contribution in [-0.4, -0.2) is 54.1 Å². The molecule has 1 atom stereocenters. The lowest BCUT2D eigenvalue weighted by atomic mass is 10.0. The normalized spacial score (nSPS) is 16.0. The van der Waals surface area contributed by atoms with Crippen LogP contribution >= 0.6 is 11.6 Å². The Labute approximate surface area is 172 Å². The number of piperazine rings is 1. The van der Waals surface area contributed by atoms with Crippen molar-refractivity contribution in [2.24, 2.45) is 0 Å². The number of anilines is 1. The minimum absolute atomic E-state index is 0.343. The number of hydrogen-bond acceptors (Lipinski definition) is 6. The average Bonchev–Trinajstić information content (AvgIpc) is 2.75. The van der Waals surface area contributed by atoms with Gasteiger partial charge in [-0.1, -0.05) is 35.9 Å². The lowest BCUT2D eigenvalue weighted by molar-refractivity contribution is -0.147. The molecule has 1 saturated heterocycles. The van der Waals surface area contributed by atoms with Crippen LogP contribution < -0.4 is 4.90 Å². The van der Waals surface area contributed by atoms with Crippen molar-refractivity contribution in [3.05, 3.63) is 65.2 Å². The highest BCUT2D eigenvalue weighted by molar-refractivity contribution is 6.31. The first-order valence-corrected chi connectivity index (χ1v) is 9.68. The molecule has 0 amide bonds. The molecule has 6 nitrogen and oxygen atoms in total. The van der Waals surface area contributed by atoms with Crippen molar-refractivity contribution in [3.63, 3.8) is 0 Å². The van der Waals surface area contributed by atoms with Gasteiger partial charge in [-0.2, -0.15) is 0 Å². The van der Waals surface area contributed by atoms with E-state index >= 15 is 0 Å². The maximum Gasteiger partial charge on any atom is 0.327 e. The minimum atomic E-state index is -0.588. The number of halogens is 2. The van der Waals surface area contributed by atoms with E-state index in [0.29, 0.717) is 53.5 Å². The zero-order valence-corrected chi connectivity index (χ0v) is 16.6. The highest BCUT2D eigenvalue weighted by Gasteiger charge is 2.33. The van der Waals surface area contributed by atoms with Gasteiger partial charge in [0.15, 0.2) is 0 Å². The summed E-state index contributed by atoms with van der Waals surface area (Å²) in [5.41, 5.74) is 1.29. The van der Waals surface area contributed by atoms with Crippen LogP contribution in [-0.2, 0) is 9.53 Å². The summed E-state index contributed by atoms with van der Waals surface area (Å²) in [6.45, 7) is 2.31. The molecule has 2 heterocycles. The molecule has 29 heavy (non-hydrogen) atoms. The quantitative estimate of drug-likeness (QED) is 0.609. The first kappa shape index (κ1) is 19.5. The van der Waals surface area contributed by atoms with Gasteiger partial charge in [-0.25, -0.2) is 19.2 Å². The maximum atomic E-state index is 14.4. The monoisotopic (exact) mass is 414 g/mol. The molecule has 4 rings (SSSR count). The van der Waals surface area contributed by atoms with Crippen LogP contribution in [0.3, 0.4) is 0 Å². The number of aromatic nitrogens is 2. The van der Waals surface area contributed by atoms with Crippen LogP contribution in [0.5, 0.6) is 0 Å². The van der Waals surface area contributed by atoms with E-state index in [1.54, 1.807) is 18.2 Å². The maximum absolute atomic E-state index is 14.4. The highest BCUT2D eigenvalue weighted by Crippen LogP contribution is 2.31. The second-order valence-electron chi connectivity index (χ2n) is 6.80. The zero-order valence-electron chi connectivity index (χ0n) is 15.9. The van der Waals surface area contributed by atoms with E-state index in [1.807, 2.05) is 28.0 Å². The van der Waals surface area contributed by atoms with E-state index < -0.39 is 6.04 Å². The molecule has 1 aliphatic rings. The van der Waals surface area contributed by atoms with E-state index in [0.717, 1.165) is 0 Å². The number of hydrogen-bond donors (Lipinski definition) is 0. The topological polar surface area (TPSA) is 58.6 Å². The smallest absolute Gasteiger partial charge is 0.327 e. The average molecular weight is 415 g/mol. The number of carbonyl (C=O) groups excluding carboxylic acids is 1. The third kappa shape index (κ3) is 3.75. The lowest BCUT2D eigenvalue weighted by Crippen LogP contribution is -2.49. The van der Waals surface area contributed by atoms with Crippen LogP contribution in [0.1, 0.15) is 11.6 Å². The molecular formula is C21H20ClFN4O2. The first-order valence-electron chi connectivity index (χ1n) is 9.30. The number of benzene rings is 2. The molecule has 3 aromatic rings. The summed E-state index contributed by atoms with van der Waals surface area (Å²) in [6.07, 6.45) is 1.45. The molecule has 8 heteroatoms. The number of nitrogens with zero attached hydrogens (tertiary/aromatic N) is 4. The van der Waals surface area contributed by atoms with Crippen LogP contribution in [0, 0.1) is 5.82 Å². The van der Waals surface area contributed by atoms with Crippen molar-refractivity contribution >= 4 is 34.3 Å². The summed E-state index contributed by atoms with van der Waals surface area (Å²) in [6, 6.07) is 11.5. The summed E-state index contributed by atoms with van der Waals surface area (Å²) in [5.74, 6) is -0.130. The number of fused-ring (bicyclic) bond motifs is 1. The fraction of sp³-hybridized carbons (Fsp3) is 0.286. The van der Waals surface area contributed by atoms with Crippen molar-refractivity contribution in [2.75, 3.05) is 38.2 Å². The predicted molar refractivity (Wildman–Crippen MR) is 109 cm³/mol. The Morgan fingerprint density at radius 3 is 2.59 bits per heavy atom. The Balaban J connectivity index is 1.59. The molecule has 2 aromatic carbocycles. The number of rotatable bonds is 4. The minimum Gasteiger partial charge on any atom is -0.468 e. The Hall–Kier alpha value is -2.77. The fourth-order valence-corrected chi connectivity index (χ4v) is 4.00. The largest absolute Gasteiger partial charge is 0.468 e. The van der Waals surface area contributed by atoms with Crippen molar-refractivity contribution in [1.29, 1.82) is 0 Å². The summed E-state index contributed by atoms with van der Waals surface area (Å²) in [4.78, 5) is 25.1. The highest BCUT2D eigenvalue weighted by atomic mass is 35.5. The van der Waals surface area contributed by atoms with Crippen LogP contribution in [0.15, 0.2) is 48.8 Å². The third-order valence-electron chi connectivity index (χ3n) is 5.20. The van der Waals surface area contributed by atoms with Gasteiger partial charge < -0.3 is 9.64 Å². The van der Waals surface area contributed by atoms with Gasteiger partial charge >= 0.3 is 5.97 Å². The van der Waals surface area contributed by atoms with Crippen LogP contribution in [0.4, 0.5) is 10.2 Å². The molecule has 0 radical (unpaired) electrons. The van der Waals surface area contributed by atoms with Gasteiger partial charge in [-0.05, 0) is 23.8 Å². The van der Waals surface area contributed by atoms with Crippen molar-refractivity contribution in [1.82, 2.24) is 14.9 Å². The SMILES string of the molecule is COC(=O)C(c1ccccc1Cl)N1CCN(c2ncnc3cccc(F)c23)CC1. The second kappa shape index (κ2) is 8.31. The number of methoxy groups -OCH3 is 1. The molecule has 1 aromatic heterocycles. The van der Waals surface area contributed by atoms with Gasteiger partial charge in [0.2, 0.25) is 0 Å². The predicted octanol–water partition coefficient (Wildman–Crippen LogP) is 3.46. The molecule has 0 bridgehead atoms. The Morgan fingerprint density at radius 2 is 1.86 bits per heavy atom. The van der Waals surface area contributed by atoms with Gasteiger partial charge in [-0.15, -0.1) is 0 Å². The summed E-state index contributed by atoms with van der Waals surface area (Å²) in [7, 11) is 1.37. The molecule has 1 unspecified atom stereocenters. The second-order valence-corrected chi connectivity index (χ2v) is 7.21. The van der Waals surface area contributed by atoms with E-state index in [9.17, 15) is 9.18 Å². The van der Waals surface area contributed by atoms with Crippen molar-refractivity contribution in [2.45, 2.75) is 6.04 Å². The Morgan fingerprint density at radius 1 is 1.10 bits per heavy atom. The fourth-order valence-electron chi connectivity index (χ4n) is 3.76. The summed E-state index contributed by atoms with van der Waals surface area (Å²) < 4.78 is 19.5. The van der Waals surface area contributed by atoms with E-state index in [1.165, 1.54) is 19.5 Å². The number of esters is 1. The van der Waals surface area contributed by atoms with Crippen LogP contribution in [0.2, 0.25) is 5.02 Å². The van der Waals surface area contributed by atoms with Gasteiger partial charge in [0, 0.05) is 31.2 Å². The summed E-state index contributed by atoms with van der Waals surface area (Å²) in [5, 5.41) is 0.938. The Bertz CT molecular complexity index is 1030. The molecule has 0 saturated carbocycles. The van der Waals surface area contributed by atoms with E-state index in [2.05, 4.69) is 9.97 Å². The van der Waals surface area contributed by atoms with Crippen molar-refractivity contribution in [3.8, 4) is 0 Å².